The summed E-state index contributed by atoms with van der Waals surface area (Å²) in [7, 11) is -3.73. The Morgan fingerprint density at radius 2 is 2.05 bits per heavy atom. The van der Waals surface area contributed by atoms with E-state index in [-0.39, 0.29) is 21.7 Å². The van der Waals surface area contributed by atoms with Crippen LogP contribution in [0.4, 0.5) is 11.4 Å². The molecule has 0 aromatic heterocycles. The average Bonchev–Trinajstić information content (AvgIpc) is 3.26. The number of nitrogen functional groups attached to an aromatic ring is 1. The minimum Gasteiger partial charge on any atom is -0.397 e. The maximum absolute atomic E-state index is 12.3. The smallest absolute Gasteiger partial charge is 0.271 e. The summed E-state index contributed by atoms with van der Waals surface area (Å²) in [5.41, 5.74) is 5.47. The molecule has 2 saturated carbocycles. The largest absolute Gasteiger partial charge is 0.397 e. The second kappa shape index (κ2) is 4.67. The van der Waals surface area contributed by atoms with E-state index in [1.165, 1.54) is 18.9 Å². The molecule has 0 amide bonds. The van der Waals surface area contributed by atoms with Crippen molar-refractivity contribution in [2.45, 2.75) is 30.6 Å². The molecule has 0 bridgehead atoms. The third kappa shape index (κ3) is 2.73. The molecule has 21 heavy (non-hydrogen) atoms. The Hall–Kier alpha value is -1.67. The number of nitro benzene ring substituents is 1. The summed E-state index contributed by atoms with van der Waals surface area (Å²) in [6.07, 6.45) is 4.49. The fraction of sp³-hybridized carbons (Fsp3) is 0.538. The first-order chi connectivity index (χ1) is 9.84. The minimum absolute atomic E-state index is 0.0975. The SMILES string of the molecule is Nc1cc([N+](=O)[O-])ccc1S(=O)(=O)NCC1(C2CC2)CC1. The fourth-order valence-corrected chi connectivity index (χ4v) is 4.05. The summed E-state index contributed by atoms with van der Waals surface area (Å²) < 4.78 is 27.2. The zero-order valence-electron chi connectivity index (χ0n) is 11.4. The molecule has 1 aromatic carbocycles. The van der Waals surface area contributed by atoms with Crippen molar-refractivity contribution in [3.63, 3.8) is 0 Å². The molecule has 2 aliphatic rings. The number of nitro groups is 1. The minimum atomic E-state index is -3.73. The molecular weight excluding hydrogens is 294 g/mol. The van der Waals surface area contributed by atoms with Crippen LogP contribution in [0.15, 0.2) is 23.1 Å². The van der Waals surface area contributed by atoms with E-state index in [2.05, 4.69) is 4.72 Å². The molecule has 0 atom stereocenters. The van der Waals surface area contributed by atoms with E-state index < -0.39 is 14.9 Å². The number of sulfonamides is 1. The monoisotopic (exact) mass is 311 g/mol. The van der Waals surface area contributed by atoms with Gasteiger partial charge in [0.25, 0.3) is 5.69 Å². The molecule has 2 fully saturated rings. The number of nitrogens with zero attached hydrogens (tertiary/aromatic N) is 1. The lowest BCUT2D eigenvalue weighted by Gasteiger charge is -2.15. The van der Waals surface area contributed by atoms with Gasteiger partial charge in [-0.1, -0.05) is 0 Å². The number of hydrogen-bond donors (Lipinski definition) is 2. The van der Waals surface area contributed by atoms with Gasteiger partial charge in [-0.05, 0) is 43.1 Å². The van der Waals surface area contributed by atoms with Crippen LogP contribution in [-0.2, 0) is 10.0 Å². The van der Waals surface area contributed by atoms with E-state index in [1.54, 1.807) is 0 Å². The highest BCUT2D eigenvalue weighted by molar-refractivity contribution is 7.89. The lowest BCUT2D eigenvalue weighted by atomic mass is 10.0. The highest BCUT2D eigenvalue weighted by atomic mass is 32.2. The Bertz CT molecular complexity index is 693. The lowest BCUT2D eigenvalue weighted by Crippen LogP contribution is -2.31. The van der Waals surface area contributed by atoms with Gasteiger partial charge in [0.05, 0.1) is 10.6 Å². The van der Waals surface area contributed by atoms with E-state index in [0.717, 1.165) is 25.0 Å². The molecule has 8 heteroatoms. The predicted molar refractivity (Wildman–Crippen MR) is 77.1 cm³/mol. The molecule has 114 valence electrons. The van der Waals surface area contributed by atoms with E-state index in [1.807, 2.05) is 0 Å². The standard InChI is InChI=1S/C13H17N3O4S/c14-11-7-10(16(17)18)3-4-12(11)21(19,20)15-8-13(5-6-13)9-1-2-9/h3-4,7,9,15H,1-2,5-6,8,14H2. The number of nitrogens with two attached hydrogens (primary N) is 1. The Labute approximate surface area is 122 Å². The van der Waals surface area contributed by atoms with Crippen LogP contribution in [0.3, 0.4) is 0 Å². The van der Waals surface area contributed by atoms with Crippen molar-refractivity contribution < 1.29 is 13.3 Å². The number of hydrogen-bond acceptors (Lipinski definition) is 5. The van der Waals surface area contributed by atoms with Crippen molar-refractivity contribution in [3.05, 3.63) is 28.3 Å². The van der Waals surface area contributed by atoms with Gasteiger partial charge in [-0.15, -0.1) is 0 Å². The average molecular weight is 311 g/mol. The lowest BCUT2D eigenvalue weighted by molar-refractivity contribution is -0.384. The molecule has 3 N–H and O–H groups in total. The summed E-state index contributed by atoms with van der Waals surface area (Å²) in [5.74, 6) is 0.648. The highest BCUT2D eigenvalue weighted by Gasteiger charge is 2.53. The molecule has 0 saturated heterocycles. The molecule has 2 aliphatic carbocycles. The topological polar surface area (TPSA) is 115 Å². The van der Waals surface area contributed by atoms with Crippen LogP contribution in [-0.4, -0.2) is 19.9 Å². The van der Waals surface area contributed by atoms with Gasteiger partial charge in [-0.2, -0.15) is 0 Å². The summed E-state index contributed by atoms with van der Waals surface area (Å²) in [6.45, 7) is 0.427. The van der Waals surface area contributed by atoms with E-state index in [4.69, 9.17) is 5.73 Å². The van der Waals surface area contributed by atoms with Crippen LogP contribution in [0.25, 0.3) is 0 Å². The van der Waals surface area contributed by atoms with Crippen LogP contribution in [0.5, 0.6) is 0 Å². The molecule has 0 radical (unpaired) electrons. The molecular formula is C13H17N3O4S. The van der Waals surface area contributed by atoms with Gasteiger partial charge in [0.15, 0.2) is 0 Å². The van der Waals surface area contributed by atoms with Gasteiger partial charge in [0.1, 0.15) is 4.90 Å². The van der Waals surface area contributed by atoms with Crippen LogP contribution in [0, 0.1) is 21.4 Å². The Morgan fingerprint density at radius 3 is 2.52 bits per heavy atom. The highest BCUT2D eigenvalue weighted by Crippen LogP contribution is 2.60. The zero-order chi connectivity index (χ0) is 15.3. The van der Waals surface area contributed by atoms with Crippen molar-refractivity contribution in [3.8, 4) is 0 Å². The van der Waals surface area contributed by atoms with Crippen LogP contribution < -0.4 is 10.5 Å². The molecule has 0 spiro atoms. The van der Waals surface area contributed by atoms with Crippen molar-refractivity contribution in [1.82, 2.24) is 4.72 Å². The Morgan fingerprint density at radius 1 is 1.38 bits per heavy atom. The molecule has 3 rings (SSSR count). The van der Waals surface area contributed by atoms with E-state index in [0.29, 0.717) is 12.5 Å². The molecule has 7 nitrogen and oxygen atoms in total. The maximum atomic E-state index is 12.3. The van der Waals surface area contributed by atoms with Crippen molar-refractivity contribution in [1.29, 1.82) is 0 Å². The molecule has 1 aromatic rings. The summed E-state index contributed by atoms with van der Waals surface area (Å²) in [6, 6.07) is 3.41. The quantitative estimate of drug-likeness (QED) is 0.471. The van der Waals surface area contributed by atoms with E-state index >= 15 is 0 Å². The van der Waals surface area contributed by atoms with Crippen molar-refractivity contribution in [2.24, 2.45) is 11.3 Å². The summed E-state index contributed by atoms with van der Waals surface area (Å²) in [4.78, 5) is 9.94. The van der Waals surface area contributed by atoms with Crippen molar-refractivity contribution >= 4 is 21.4 Å². The van der Waals surface area contributed by atoms with Crippen LogP contribution >= 0.6 is 0 Å². The number of benzene rings is 1. The third-order valence-electron chi connectivity index (χ3n) is 4.44. The third-order valence-corrected chi connectivity index (χ3v) is 5.92. The van der Waals surface area contributed by atoms with E-state index in [9.17, 15) is 18.5 Å². The molecule has 0 unspecified atom stereocenters. The van der Waals surface area contributed by atoms with Gasteiger partial charge < -0.3 is 5.73 Å². The number of nitrogens with one attached hydrogen (secondary N) is 1. The zero-order valence-corrected chi connectivity index (χ0v) is 12.2. The van der Waals surface area contributed by atoms with Crippen LogP contribution in [0.1, 0.15) is 25.7 Å². The molecule has 0 aliphatic heterocycles. The van der Waals surface area contributed by atoms with Gasteiger partial charge >= 0.3 is 0 Å². The summed E-state index contributed by atoms with van der Waals surface area (Å²) in [5, 5.41) is 10.6. The number of anilines is 1. The van der Waals surface area contributed by atoms with Crippen LogP contribution in [0.2, 0.25) is 0 Å². The van der Waals surface area contributed by atoms with Gasteiger partial charge in [-0.25, -0.2) is 13.1 Å². The Balaban J connectivity index is 1.76. The first-order valence-corrected chi connectivity index (χ1v) is 8.36. The normalized spacial score (nSPS) is 20.2. The number of non-ortho nitro benzene ring substituents is 1. The second-order valence-corrected chi connectivity index (χ2v) is 7.68. The number of rotatable bonds is 6. The first kappa shape index (κ1) is 14.3. The van der Waals surface area contributed by atoms with Gasteiger partial charge in [0, 0.05) is 18.7 Å². The van der Waals surface area contributed by atoms with Gasteiger partial charge in [0.2, 0.25) is 10.0 Å². The predicted octanol–water partition coefficient (Wildman–Crippen LogP) is 1.65. The second-order valence-electron chi connectivity index (χ2n) is 5.94. The van der Waals surface area contributed by atoms with Crippen molar-refractivity contribution in [2.75, 3.05) is 12.3 Å². The molecule has 0 heterocycles. The van der Waals surface area contributed by atoms with Gasteiger partial charge in [-0.3, -0.25) is 10.1 Å². The first-order valence-electron chi connectivity index (χ1n) is 6.88. The fourth-order valence-electron chi connectivity index (χ4n) is 2.80. The maximum Gasteiger partial charge on any atom is 0.271 e. The Kier molecular flexibility index (Phi) is 3.18. The summed E-state index contributed by atoms with van der Waals surface area (Å²) >= 11 is 0.